The van der Waals surface area contributed by atoms with Crippen molar-refractivity contribution in [1.29, 1.82) is 0 Å². The maximum Gasteiger partial charge on any atom is 0.573 e. The third-order valence-electron chi connectivity index (χ3n) is 4.25. The SMILES string of the molecule is O=C(O)NC(Cc1cccs1)CS(=O)(=O)c1ccc(Oc2ccc(OC(F)(F)F)cc2)cc1. The zero-order chi connectivity index (χ0) is 24.1. The third-order valence-corrected chi connectivity index (χ3v) is 6.98. The molecule has 2 aromatic carbocycles. The Bertz CT molecular complexity index is 1160. The molecular weight excluding hydrogens is 483 g/mol. The maximum atomic E-state index is 12.8. The molecule has 176 valence electrons. The fraction of sp³-hybridized carbons (Fsp3) is 0.190. The van der Waals surface area contributed by atoms with Crippen molar-refractivity contribution in [3.63, 3.8) is 0 Å². The zero-order valence-corrected chi connectivity index (χ0v) is 18.4. The van der Waals surface area contributed by atoms with Gasteiger partial charge in [-0.1, -0.05) is 6.07 Å². The quantitative estimate of drug-likeness (QED) is 0.424. The van der Waals surface area contributed by atoms with Crippen molar-refractivity contribution in [1.82, 2.24) is 5.32 Å². The van der Waals surface area contributed by atoms with E-state index in [1.807, 2.05) is 5.38 Å². The molecule has 33 heavy (non-hydrogen) atoms. The highest BCUT2D eigenvalue weighted by Gasteiger charge is 2.31. The molecule has 0 radical (unpaired) electrons. The van der Waals surface area contributed by atoms with Gasteiger partial charge in [-0.2, -0.15) is 0 Å². The number of ether oxygens (including phenoxy) is 2. The Balaban J connectivity index is 1.66. The van der Waals surface area contributed by atoms with E-state index in [9.17, 15) is 26.4 Å². The van der Waals surface area contributed by atoms with Crippen LogP contribution in [0.15, 0.2) is 70.9 Å². The van der Waals surface area contributed by atoms with Crippen LogP contribution in [0.2, 0.25) is 0 Å². The minimum atomic E-state index is -4.80. The average Bonchev–Trinajstić information content (AvgIpc) is 3.21. The van der Waals surface area contributed by atoms with Gasteiger partial charge in [0.05, 0.1) is 16.7 Å². The number of hydrogen-bond acceptors (Lipinski definition) is 6. The number of amides is 1. The number of rotatable bonds is 9. The molecule has 0 aliphatic carbocycles. The molecule has 0 spiro atoms. The fourth-order valence-corrected chi connectivity index (χ4v) is 5.18. The molecule has 1 aromatic heterocycles. The standard InChI is InChI=1S/C21H18F3NO6S2/c22-21(23,24)31-17-5-3-15(4-6-17)30-16-7-9-19(10-8-16)33(28,29)13-14(25-20(26)27)12-18-2-1-11-32-18/h1-11,14,25H,12-13H2,(H,26,27). The van der Waals surface area contributed by atoms with Crippen molar-refractivity contribution in [3.05, 3.63) is 70.9 Å². The second-order valence-corrected chi connectivity index (χ2v) is 9.87. The summed E-state index contributed by atoms with van der Waals surface area (Å²) in [6.07, 6.45) is -5.88. The molecule has 0 saturated carbocycles. The first-order chi connectivity index (χ1) is 15.5. The zero-order valence-electron chi connectivity index (χ0n) is 16.8. The summed E-state index contributed by atoms with van der Waals surface area (Å²) in [7, 11) is -3.82. The van der Waals surface area contributed by atoms with Crippen molar-refractivity contribution in [2.24, 2.45) is 0 Å². The van der Waals surface area contributed by atoms with E-state index < -0.39 is 39.8 Å². The highest BCUT2D eigenvalue weighted by Crippen LogP contribution is 2.28. The first-order valence-electron chi connectivity index (χ1n) is 9.38. The summed E-state index contributed by atoms with van der Waals surface area (Å²) in [4.78, 5) is 11.9. The summed E-state index contributed by atoms with van der Waals surface area (Å²) >= 11 is 1.40. The first kappa shape index (κ1) is 24.4. The number of alkyl halides is 3. The topological polar surface area (TPSA) is 102 Å². The molecular formula is C21H18F3NO6S2. The van der Waals surface area contributed by atoms with Crippen LogP contribution in [0.25, 0.3) is 0 Å². The van der Waals surface area contributed by atoms with E-state index >= 15 is 0 Å². The van der Waals surface area contributed by atoms with Crippen LogP contribution in [0.3, 0.4) is 0 Å². The Hall–Kier alpha value is -3.25. The molecule has 2 N–H and O–H groups in total. The number of hydrogen-bond donors (Lipinski definition) is 2. The van der Waals surface area contributed by atoms with Crippen molar-refractivity contribution >= 4 is 27.3 Å². The Labute approximate surface area is 191 Å². The largest absolute Gasteiger partial charge is 0.573 e. The van der Waals surface area contributed by atoms with Crippen molar-refractivity contribution in [3.8, 4) is 17.2 Å². The first-order valence-corrected chi connectivity index (χ1v) is 11.9. The van der Waals surface area contributed by atoms with Crippen LogP contribution in [-0.4, -0.2) is 37.8 Å². The predicted octanol–water partition coefficient (Wildman–Crippen LogP) is 5.09. The van der Waals surface area contributed by atoms with Gasteiger partial charge in [-0.05, 0) is 60.0 Å². The van der Waals surface area contributed by atoms with E-state index in [1.54, 1.807) is 12.1 Å². The summed E-state index contributed by atoms with van der Waals surface area (Å²) in [6.45, 7) is 0. The molecule has 1 atom stereocenters. The molecule has 1 unspecified atom stereocenters. The summed E-state index contributed by atoms with van der Waals surface area (Å²) in [6, 6.07) is 12.9. The van der Waals surface area contributed by atoms with Gasteiger partial charge in [0.2, 0.25) is 0 Å². The van der Waals surface area contributed by atoms with Crippen LogP contribution < -0.4 is 14.8 Å². The second-order valence-electron chi connectivity index (χ2n) is 6.80. The Morgan fingerprint density at radius 3 is 2.09 bits per heavy atom. The maximum absolute atomic E-state index is 12.8. The van der Waals surface area contributed by atoms with Crippen LogP contribution in [0.1, 0.15) is 4.88 Å². The summed E-state index contributed by atoms with van der Waals surface area (Å²) in [5.74, 6) is -0.347. The molecule has 0 aliphatic rings. The molecule has 12 heteroatoms. The van der Waals surface area contributed by atoms with Gasteiger partial charge in [-0.3, -0.25) is 0 Å². The Morgan fingerprint density at radius 1 is 1.00 bits per heavy atom. The number of thiophene rings is 1. The second kappa shape index (κ2) is 10.1. The highest BCUT2D eigenvalue weighted by molar-refractivity contribution is 7.91. The van der Waals surface area contributed by atoms with Crippen LogP contribution in [-0.2, 0) is 16.3 Å². The van der Waals surface area contributed by atoms with Crippen molar-refractivity contribution < 1.29 is 41.0 Å². The molecule has 0 aliphatic heterocycles. The lowest BCUT2D eigenvalue weighted by Crippen LogP contribution is -2.40. The lowest BCUT2D eigenvalue weighted by Gasteiger charge is -2.16. The number of carboxylic acid groups (broad SMARTS) is 1. The number of halogens is 3. The molecule has 0 fully saturated rings. The van der Waals surface area contributed by atoms with E-state index in [1.165, 1.54) is 47.7 Å². The van der Waals surface area contributed by atoms with E-state index in [0.29, 0.717) is 0 Å². The van der Waals surface area contributed by atoms with Gasteiger partial charge in [0.15, 0.2) is 9.84 Å². The van der Waals surface area contributed by atoms with E-state index in [2.05, 4.69) is 10.1 Å². The normalized spacial score (nSPS) is 12.7. The van der Waals surface area contributed by atoms with Gasteiger partial charge in [0, 0.05) is 11.3 Å². The van der Waals surface area contributed by atoms with Gasteiger partial charge in [0.25, 0.3) is 0 Å². The molecule has 1 heterocycles. The summed E-state index contributed by atoms with van der Waals surface area (Å²) < 4.78 is 71.6. The minimum Gasteiger partial charge on any atom is -0.465 e. The van der Waals surface area contributed by atoms with Crippen LogP contribution in [0.4, 0.5) is 18.0 Å². The average molecular weight is 502 g/mol. The molecule has 0 saturated heterocycles. The smallest absolute Gasteiger partial charge is 0.465 e. The van der Waals surface area contributed by atoms with E-state index in [0.717, 1.165) is 17.0 Å². The van der Waals surface area contributed by atoms with Crippen LogP contribution >= 0.6 is 11.3 Å². The lowest BCUT2D eigenvalue weighted by atomic mass is 10.2. The molecule has 7 nitrogen and oxygen atoms in total. The molecule has 0 bridgehead atoms. The molecule has 3 aromatic rings. The van der Waals surface area contributed by atoms with Gasteiger partial charge < -0.3 is 19.9 Å². The minimum absolute atomic E-state index is 0.0212. The number of sulfone groups is 1. The number of benzene rings is 2. The van der Waals surface area contributed by atoms with Gasteiger partial charge in [-0.25, -0.2) is 13.2 Å². The third kappa shape index (κ3) is 7.68. The predicted molar refractivity (Wildman–Crippen MR) is 115 cm³/mol. The summed E-state index contributed by atoms with van der Waals surface area (Å²) in [5.41, 5.74) is 0. The molecule has 1 amide bonds. The Kier molecular flexibility index (Phi) is 7.49. The van der Waals surface area contributed by atoms with Crippen LogP contribution in [0, 0.1) is 0 Å². The fourth-order valence-electron chi connectivity index (χ4n) is 2.92. The van der Waals surface area contributed by atoms with Gasteiger partial charge in [0.1, 0.15) is 17.2 Å². The molecule has 3 rings (SSSR count). The van der Waals surface area contributed by atoms with Crippen molar-refractivity contribution in [2.75, 3.05) is 5.75 Å². The highest BCUT2D eigenvalue weighted by atomic mass is 32.2. The Morgan fingerprint density at radius 2 is 1.58 bits per heavy atom. The van der Waals surface area contributed by atoms with E-state index in [4.69, 9.17) is 9.84 Å². The number of nitrogens with one attached hydrogen (secondary N) is 1. The summed E-state index contributed by atoms with van der Waals surface area (Å²) in [5, 5.41) is 13.1. The van der Waals surface area contributed by atoms with Gasteiger partial charge in [-0.15, -0.1) is 24.5 Å². The van der Waals surface area contributed by atoms with Gasteiger partial charge >= 0.3 is 12.5 Å². The van der Waals surface area contributed by atoms with E-state index in [-0.39, 0.29) is 22.8 Å². The van der Waals surface area contributed by atoms with Crippen molar-refractivity contribution in [2.45, 2.75) is 23.7 Å². The monoisotopic (exact) mass is 501 g/mol. The number of carbonyl (C=O) groups is 1. The lowest BCUT2D eigenvalue weighted by molar-refractivity contribution is -0.274. The van der Waals surface area contributed by atoms with Crippen LogP contribution in [0.5, 0.6) is 17.2 Å².